The van der Waals surface area contributed by atoms with Gasteiger partial charge in [-0.15, -0.1) is 0 Å². The van der Waals surface area contributed by atoms with Crippen molar-refractivity contribution in [3.8, 4) is 0 Å². The maximum atomic E-state index is 11.6. The number of amides is 1. The lowest BCUT2D eigenvalue weighted by atomic mass is 9.83. The molecule has 1 fully saturated rings. The van der Waals surface area contributed by atoms with E-state index in [0.29, 0.717) is 18.9 Å². The summed E-state index contributed by atoms with van der Waals surface area (Å²) in [5.74, 6) is 0.831. The maximum Gasteiger partial charge on any atom is 0.220 e. The van der Waals surface area contributed by atoms with E-state index in [1.54, 1.807) is 0 Å². The Hall–Kier alpha value is -0.830. The van der Waals surface area contributed by atoms with E-state index < -0.39 is 0 Å². The van der Waals surface area contributed by atoms with Gasteiger partial charge in [0.05, 0.1) is 0 Å². The van der Waals surface area contributed by atoms with E-state index in [1.807, 2.05) is 24.3 Å². The van der Waals surface area contributed by atoms with E-state index in [2.05, 4.69) is 21.2 Å². The van der Waals surface area contributed by atoms with Gasteiger partial charge in [-0.2, -0.15) is 0 Å². The van der Waals surface area contributed by atoms with E-state index in [4.69, 9.17) is 0 Å². The second-order valence-electron chi connectivity index (χ2n) is 4.40. The molecule has 0 radical (unpaired) electrons. The number of hydrogen-bond acceptors (Lipinski definition) is 1. The van der Waals surface area contributed by atoms with Crippen molar-refractivity contribution in [3.63, 3.8) is 0 Å². The highest BCUT2D eigenvalue weighted by Crippen LogP contribution is 2.29. The first-order valence-corrected chi connectivity index (χ1v) is 6.54. The molecule has 0 heterocycles. The van der Waals surface area contributed by atoms with Gasteiger partial charge in [0, 0.05) is 17.4 Å². The summed E-state index contributed by atoms with van der Waals surface area (Å²) in [5, 5.41) is 2.96. The van der Waals surface area contributed by atoms with E-state index in [1.165, 1.54) is 19.3 Å². The lowest BCUT2D eigenvalue weighted by molar-refractivity contribution is -0.122. The fourth-order valence-corrected chi connectivity index (χ4v) is 2.10. The zero-order valence-corrected chi connectivity index (χ0v) is 10.8. The van der Waals surface area contributed by atoms with Crippen LogP contribution >= 0.6 is 15.9 Å². The molecule has 1 aromatic carbocycles. The minimum absolute atomic E-state index is 0.188. The summed E-state index contributed by atoms with van der Waals surface area (Å²) >= 11 is 3.39. The molecule has 0 saturated heterocycles. The van der Waals surface area contributed by atoms with Crippen molar-refractivity contribution in [1.29, 1.82) is 0 Å². The molecule has 1 aliphatic carbocycles. The Balaban J connectivity index is 1.73. The van der Waals surface area contributed by atoms with Crippen molar-refractivity contribution in [3.05, 3.63) is 34.3 Å². The summed E-state index contributed by atoms with van der Waals surface area (Å²) in [6.07, 6.45) is 4.46. The third kappa shape index (κ3) is 3.34. The largest absolute Gasteiger partial charge is 0.352 e. The molecule has 86 valence electrons. The second-order valence-corrected chi connectivity index (χ2v) is 5.32. The molecule has 2 nitrogen and oxygen atoms in total. The summed E-state index contributed by atoms with van der Waals surface area (Å²) in [6.45, 7) is 0.638. The Morgan fingerprint density at radius 3 is 2.56 bits per heavy atom. The number of carbonyl (C=O) groups excluding carboxylic acids is 1. The predicted molar refractivity (Wildman–Crippen MR) is 67.9 cm³/mol. The maximum absolute atomic E-state index is 11.6. The highest BCUT2D eigenvalue weighted by Gasteiger charge is 2.20. The zero-order chi connectivity index (χ0) is 11.4. The van der Waals surface area contributed by atoms with Gasteiger partial charge in [-0.05, 0) is 36.5 Å². The van der Waals surface area contributed by atoms with Gasteiger partial charge >= 0.3 is 0 Å². The second kappa shape index (κ2) is 5.48. The summed E-state index contributed by atoms with van der Waals surface area (Å²) in [7, 11) is 0. The molecular formula is C13H16BrNO. The van der Waals surface area contributed by atoms with Crippen LogP contribution in [-0.4, -0.2) is 5.91 Å². The first-order valence-electron chi connectivity index (χ1n) is 5.75. The lowest BCUT2D eigenvalue weighted by Crippen LogP contribution is -2.27. The van der Waals surface area contributed by atoms with Gasteiger partial charge in [0.25, 0.3) is 0 Å². The molecular weight excluding hydrogens is 266 g/mol. The van der Waals surface area contributed by atoms with E-state index in [9.17, 15) is 4.79 Å². The van der Waals surface area contributed by atoms with Crippen LogP contribution in [0.25, 0.3) is 0 Å². The van der Waals surface area contributed by atoms with Gasteiger partial charge in [0.15, 0.2) is 0 Å². The van der Waals surface area contributed by atoms with Crippen LogP contribution < -0.4 is 5.32 Å². The number of carbonyl (C=O) groups is 1. The molecule has 1 aliphatic rings. The number of rotatable bonds is 4. The Bertz CT molecular complexity index is 357. The molecule has 0 aromatic heterocycles. The van der Waals surface area contributed by atoms with Crippen LogP contribution in [0.15, 0.2) is 28.7 Å². The molecule has 1 amide bonds. The first kappa shape index (κ1) is 11.6. The quantitative estimate of drug-likeness (QED) is 0.902. The third-order valence-electron chi connectivity index (χ3n) is 3.10. The molecule has 1 aromatic rings. The summed E-state index contributed by atoms with van der Waals surface area (Å²) < 4.78 is 1.07. The highest BCUT2D eigenvalue weighted by molar-refractivity contribution is 9.10. The van der Waals surface area contributed by atoms with Crippen LogP contribution in [0.2, 0.25) is 0 Å². The molecule has 0 unspecified atom stereocenters. The van der Waals surface area contributed by atoms with Gasteiger partial charge in [-0.3, -0.25) is 4.79 Å². The highest BCUT2D eigenvalue weighted by atomic mass is 79.9. The van der Waals surface area contributed by atoms with Gasteiger partial charge in [-0.25, -0.2) is 0 Å². The molecule has 0 aliphatic heterocycles. The van der Waals surface area contributed by atoms with Crippen molar-refractivity contribution in [2.75, 3.05) is 0 Å². The van der Waals surface area contributed by atoms with Crippen molar-refractivity contribution >= 4 is 21.8 Å². The standard InChI is InChI=1S/C13H16BrNO/c14-12-6-4-11(5-7-12)9-15-13(16)8-10-2-1-3-10/h4-7,10H,1-3,8-9H2,(H,15,16). The number of halogens is 1. The normalized spacial score (nSPS) is 15.6. The monoisotopic (exact) mass is 281 g/mol. The molecule has 2 rings (SSSR count). The van der Waals surface area contributed by atoms with Crippen molar-refractivity contribution in [2.24, 2.45) is 5.92 Å². The van der Waals surface area contributed by atoms with Crippen LogP contribution in [0, 0.1) is 5.92 Å². The Kier molecular flexibility index (Phi) is 3.99. The smallest absolute Gasteiger partial charge is 0.220 e. The zero-order valence-electron chi connectivity index (χ0n) is 9.21. The van der Waals surface area contributed by atoms with Crippen LogP contribution in [0.3, 0.4) is 0 Å². The van der Waals surface area contributed by atoms with E-state index >= 15 is 0 Å². The SMILES string of the molecule is O=C(CC1CCC1)NCc1ccc(Br)cc1. The van der Waals surface area contributed by atoms with Gasteiger partial charge < -0.3 is 5.32 Å². The van der Waals surface area contributed by atoms with Crippen LogP contribution in [-0.2, 0) is 11.3 Å². The summed E-state index contributed by atoms with van der Waals surface area (Å²) in [5.41, 5.74) is 1.14. The molecule has 0 bridgehead atoms. The molecule has 1 saturated carbocycles. The first-order chi connectivity index (χ1) is 7.74. The summed E-state index contributed by atoms with van der Waals surface area (Å²) in [6, 6.07) is 8.03. The van der Waals surface area contributed by atoms with E-state index in [-0.39, 0.29) is 5.91 Å². The fourth-order valence-electron chi connectivity index (χ4n) is 1.83. The number of hydrogen-bond donors (Lipinski definition) is 1. The Morgan fingerprint density at radius 1 is 1.31 bits per heavy atom. The van der Waals surface area contributed by atoms with Gasteiger partial charge in [-0.1, -0.05) is 34.5 Å². The fraction of sp³-hybridized carbons (Fsp3) is 0.462. The van der Waals surface area contributed by atoms with E-state index in [0.717, 1.165) is 10.0 Å². The Morgan fingerprint density at radius 2 is 2.00 bits per heavy atom. The lowest BCUT2D eigenvalue weighted by Gasteiger charge is -2.24. The average Bonchev–Trinajstić information content (AvgIpc) is 2.23. The van der Waals surface area contributed by atoms with Gasteiger partial charge in [0.2, 0.25) is 5.91 Å². The molecule has 3 heteroatoms. The number of benzene rings is 1. The van der Waals surface area contributed by atoms with Crippen LogP contribution in [0.4, 0.5) is 0 Å². The van der Waals surface area contributed by atoms with Crippen LogP contribution in [0.5, 0.6) is 0 Å². The van der Waals surface area contributed by atoms with Gasteiger partial charge in [0.1, 0.15) is 0 Å². The minimum atomic E-state index is 0.188. The van der Waals surface area contributed by atoms with Crippen LogP contribution in [0.1, 0.15) is 31.2 Å². The topological polar surface area (TPSA) is 29.1 Å². The Labute approximate surface area is 105 Å². The molecule has 0 atom stereocenters. The predicted octanol–water partition coefficient (Wildman–Crippen LogP) is 3.26. The molecule has 1 N–H and O–H groups in total. The van der Waals surface area contributed by atoms with Crippen molar-refractivity contribution in [2.45, 2.75) is 32.2 Å². The number of nitrogens with one attached hydrogen (secondary N) is 1. The molecule has 0 spiro atoms. The summed E-state index contributed by atoms with van der Waals surface area (Å²) in [4.78, 5) is 11.6. The minimum Gasteiger partial charge on any atom is -0.352 e. The third-order valence-corrected chi connectivity index (χ3v) is 3.63. The average molecular weight is 282 g/mol. The molecule has 16 heavy (non-hydrogen) atoms. The van der Waals surface area contributed by atoms with Crippen molar-refractivity contribution in [1.82, 2.24) is 5.32 Å². The van der Waals surface area contributed by atoms with Crippen molar-refractivity contribution < 1.29 is 4.79 Å².